The van der Waals surface area contributed by atoms with Gasteiger partial charge in [-0.1, -0.05) is 24.3 Å². The first-order valence-electron chi connectivity index (χ1n) is 9.43. The molecular weight excluding hydrogens is 392 g/mol. The third-order valence-electron chi connectivity index (χ3n) is 5.20. The van der Waals surface area contributed by atoms with Gasteiger partial charge in [0.2, 0.25) is 10.0 Å². The number of hydrogen-bond donors (Lipinski definition) is 0. The van der Waals surface area contributed by atoms with E-state index in [0.717, 1.165) is 18.3 Å². The Kier molecular flexibility index (Phi) is 6.21. The summed E-state index contributed by atoms with van der Waals surface area (Å²) in [6, 6.07) is 12.1. The van der Waals surface area contributed by atoms with Crippen LogP contribution >= 0.6 is 0 Å². The van der Waals surface area contributed by atoms with Crippen molar-refractivity contribution in [3.63, 3.8) is 0 Å². The number of nitro benzene ring substituents is 1. The molecule has 29 heavy (non-hydrogen) atoms. The number of sulfonamides is 1. The Labute approximate surface area is 171 Å². The molecule has 0 saturated carbocycles. The van der Waals surface area contributed by atoms with Crippen LogP contribution < -0.4 is 4.90 Å². The molecule has 0 aliphatic carbocycles. The van der Waals surface area contributed by atoms with Crippen LogP contribution in [0.25, 0.3) is 0 Å². The van der Waals surface area contributed by atoms with Crippen LogP contribution in [0.3, 0.4) is 0 Å². The molecular formula is C20H26N4O4S. The van der Waals surface area contributed by atoms with Gasteiger partial charge in [-0.15, -0.1) is 0 Å². The minimum atomic E-state index is -3.77. The molecule has 3 rings (SSSR count). The number of para-hydroxylation sites is 1. The minimum absolute atomic E-state index is 0.0121. The van der Waals surface area contributed by atoms with Crippen LogP contribution in [0.4, 0.5) is 11.4 Å². The number of non-ortho nitro benzene ring substituents is 1. The van der Waals surface area contributed by atoms with Crippen LogP contribution in [0.15, 0.2) is 47.4 Å². The molecule has 1 heterocycles. The minimum Gasteiger partial charge on any atom is -0.377 e. The lowest BCUT2D eigenvalue weighted by Gasteiger charge is -2.34. The highest BCUT2D eigenvalue weighted by molar-refractivity contribution is 7.89. The third kappa shape index (κ3) is 4.58. The first-order chi connectivity index (χ1) is 13.7. The summed E-state index contributed by atoms with van der Waals surface area (Å²) < 4.78 is 27.6. The van der Waals surface area contributed by atoms with Gasteiger partial charge in [0, 0.05) is 64.6 Å². The number of hydrogen-bond acceptors (Lipinski definition) is 6. The second-order valence-corrected chi connectivity index (χ2v) is 9.32. The molecule has 9 heteroatoms. The fraction of sp³-hybridized carbons (Fsp3) is 0.400. The van der Waals surface area contributed by atoms with Crippen molar-refractivity contribution in [3.8, 4) is 0 Å². The van der Waals surface area contributed by atoms with E-state index in [-0.39, 0.29) is 10.6 Å². The Hall–Kier alpha value is -2.49. The van der Waals surface area contributed by atoms with Crippen molar-refractivity contribution in [1.29, 1.82) is 0 Å². The molecule has 1 aliphatic heterocycles. The second-order valence-electron chi connectivity index (χ2n) is 7.41. The molecule has 8 nitrogen and oxygen atoms in total. The second kappa shape index (κ2) is 8.48. The van der Waals surface area contributed by atoms with E-state index < -0.39 is 14.9 Å². The van der Waals surface area contributed by atoms with E-state index in [1.54, 1.807) is 6.92 Å². The highest BCUT2D eigenvalue weighted by atomic mass is 32.2. The molecule has 1 aliphatic rings. The normalized spacial score (nSPS) is 16.0. The van der Waals surface area contributed by atoms with E-state index >= 15 is 0 Å². The van der Waals surface area contributed by atoms with Gasteiger partial charge in [0.1, 0.15) is 0 Å². The van der Waals surface area contributed by atoms with Gasteiger partial charge in [-0.3, -0.25) is 15.0 Å². The fourth-order valence-electron chi connectivity index (χ4n) is 3.57. The van der Waals surface area contributed by atoms with Gasteiger partial charge in [0.05, 0.1) is 9.82 Å². The van der Waals surface area contributed by atoms with E-state index in [2.05, 4.69) is 21.9 Å². The van der Waals surface area contributed by atoms with Gasteiger partial charge in [-0.25, -0.2) is 8.42 Å². The summed E-state index contributed by atoms with van der Waals surface area (Å²) >= 11 is 0. The van der Waals surface area contributed by atoms with Crippen molar-refractivity contribution in [3.05, 3.63) is 63.7 Å². The van der Waals surface area contributed by atoms with Gasteiger partial charge in [0.25, 0.3) is 5.69 Å². The summed E-state index contributed by atoms with van der Waals surface area (Å²) in [5.41, 5.74) is 2.64. The summed E-state index contributed by atoms with van der Waals surface area (Å²) in [6.07, 6.45) is 0. The molecule has 156 valence electrons. The van der Waals surface area contributed by atoms with Gasteiger partial charge < -0.3 is 4.90 Å². The summed E-state index contributed by atoms with van der Waals surface area (Å²) in [5, 5.41) is 11.0. The molecule has 0 bridgehead atoms. The van der Waals surface area contributed by atoms with E-state index in [1.807, 2.05) is 26.2 Å². The topological polar surface area (TPSA) is 87.0 Å². The highest BCUT2D eigenvalue weighted by Crippen LogP contribution is 2.26. The Morgan fingerprint density at radius 1 is 1.07 bits per heavy atom. The number of benzene rings is 2. The van der Waals surface area contributed by atoms with Gasteiger partial charge >= 0.3 is 0 Å². The smallest absolute Gasteiger partial charge is 0.270 e. The Morgan fingerprint density at radius 2 is 1.72 bits per heavy atom. The third-order valence-corrected chi connectivity index (χ3v) is 7.24. The molecule has 0 aromatic heterocycles. The number of aryl methyl sites for hydroxylation is 1. The lowest BCUT2D eigenvalue weighted by atomic mass is 10.1. The SMILES string of the molecule is Cc1ccc([N+](=O)[O-])cc1S(=O)(=O)N1CCN(Cc2ccccc2N(C)C)CC1. The van der Waals surface area contributed by atoms with Gasteiger partial charge in [0.15, 0.2) is 0 Å². The molecule has 2 aromatic carbocycles. The van der Waals surface area contributed by atoms with E-state index in [0.29, 0.717) is 31.7 Å². The molecule has 0 amide bonds. The Morgan fingerprint density at radius 3 is 2.34 bits per heavy atom. The number of nitrogens with zero attached hydrogens (tertiary/aromatic N) is 4. The molecule has 2 aromatic rings. The van der Waals surface area contributed by atoms with Crippen molar-refractivity contribution >= 4 is 21.4 Å². The van der Waals surface area contributed by atoms with Crippen LogP contribution in [-0.4, -0.2) is 62.8 Å². The lowest BCUT2D eigenvalue weighted by molar-refractivity contribution is -0.385. The van der Waals surface area contributed by atoms with Crippen LogP contribution in [0.5, 0.6) is 0 Å². The number of piperazine rings is 1. The zero-order valence-corrected chi connectivity index (χ0v) is 17.7. The molecule has 1 fully saturated rings. The average molecular weight is 419 g/mol. The van der Waals surface area contributed by atoms with Gasteiger partial charge in [-0.2, -0.15) is 4.31 Å². The largest absolute Gasteiger partial charge is 0.377 e. The van der Waals surface area contributed by atoms with Crippen LogP contribution in [0.1, 0.15) is 11.1 Å². The molecule has 0 radical (unpaired) electrons. The highest BCUT2D eigenvalue weighted by Gasteiger charge is 2.31. The summed E-state index contributed by atoms with van der Waals surface area (Å²) in [7, 11) is 0.237. The molecule has 0 unspecified atom stereocenters. The van der Waals surface area contributed by atoms with E-state index in [4.69, 9.17) is 0 Å². The maximum atomic E-state index is 13.1. The Balaban J connectivity index is 1.72. The Bertz CT molecular complexity index is 999. The quantitative estimate of drug-likeness (QED) is 0.529. The summed E-state index contributed by atoms with van der Waals surface area (Å²) in [4.78, 5) is 14.8. The molecule has 0 spiro atoms. The number of anilines is 1. The molecule has 1 saturated heterocycles. The zero-order valence-electron chi connectivity index (χ0n) is 16.9. The first-order valence-corrected chi connectivity index (χ1v) is 10.9. The van der Waals surface area contributed by atoms with Crippen molar-refractivity contribution in [2.24, 2.45) is 0 Å². The van der Waals surface area contributed by atoms with Gasteiger partial charge in [-0.05, 0) is 24.1 Å². The average Bonchev–Trinajstić information content (AvgIpc) is 2.68. The zero-order chi connectivity index (χ0) is 21.2. The monoisotopic (exact) mass is 418 g/mol. The maximum absolute atomic E-state index is 13.1. The van der Waals surface area contributed by atoms with Crippen molar-refractivity contribution in [2.45, 2.75) is 18.4 Å². The van der Waals surface area contributed by atoms with E-state index in [9.17, 15) is 18.5 Å². The van der Waals surface area contributed by atoms with Crippen molar-refractivity contribution in [2.75, 3.05) is 45.2 Å². The molecule has 0 N–H and O–H groups in total. The predicted octanol–water partition coefficient (Wildman–Crippen LogP) is 2.48. The van der Waals surface area contributed by atoms with Crippen molar-refractivity contribution < 1.29 is 13.3 Å². The standard InChI is InChI=1S/C20H26N4O4S/c1-16-8-9-18(24(25)26)14-20(16)29(27,28)23-12-10-22(11-13-23)15-17-6-4-5-7-19(17)21(2)3/h4-9,14H,10-13,15H2,1-3H3. The summed E-state index contributed by atoms with van der Waals surface area (Å²) in [6.45, 7) is 4.33. The van der Waals surface area contributed by atoms with Crippen LogP contribution in [0.2, 0.25) is 0 Å². The van der Waals surface area contributed by atoms with E-state index in [1.165, 1.54) is 22.0 Å². The fourth-order valence-corrected chi connectivity index (χ4v) is 5.24. The lowest BCUT2D eigenvalue weighted by Crippen LogP contribution is -2.48. The summed E-state index contributed by atoms with van der Waals surface area (Å²) in [5.74, 6) is 0. The predicted molar refractivity (Wildman–Crippen MR) is 113 cm³/mol. The van der Waals surface area contributed by atoms with Crippen molar-refractivity contribution in [1.82, 2.24) is 9.21 Å². The first kappa shape index (κ1) is 21.2. The molecule has 0 atom stereocenters. The number of rotatable bonds is 6. The maximum Gasteiger partial charge on any atom is 0.270 e. The van der Waals surface area contributed by atoms with Crippen LogP contribution in [-0.2, 0) is 16.6 Å². The number of nitro groups is 1. The van der Waals surface area contributed by atoms with Crippen LogP contribution in [0, 0.1) is 17.0 Å².